The van der Waals surface area contributed by atoms with Crippen LogP contribution in [-0.2, 0) is 16.1 Å². The number of carbonyl (C=O) groups is 3. The number of nitrogens with one attached hydrogen (secondary N) is 1. The lowest BCUT2D eigenvalue weighted by Crippen LogP contribution is -2.37. The fourth-order valence-corrected chi connectivity index (χ4v) is 3.45. The van der Waals surface area contributed by atoms with Crippen molar-refractivity contribution < 1.29 is 14.4 Å². The van der Waals surface area contributed by atoms with E-state index < -0.39 is 11.7 Å². The van der Waals surface area contributed by atoms with Gasteiger partial charge < -0.3 is 14.8 Å². The van der Waals surface area contributed by atoms with Gasteiger partial charge in [0, 0.05) is 36.7 Å². The molecule has 2 aromatic rings. The summed E-state index contributed by atoms with van der Waals surface area (Å²) in [5.41, 5.74) is 1.14. The highest BCUT2D eigenvalue weighted by molar-refractivity contribution is 6.45. The number of Topliss-reactive ketones (excluding diaryl/α,β-unsaturated/α-hetero) is 1. The van der Waals surface area contributed by atoms with Crippen LogP contribution >= 0.6 is 0 Å². The first kappa shape index (κ1) is 19.1. The summed E-state index contributed by atoms with van der Waals surface area (Å²) in [6.45, 7) is 6.17. The molecule has 2 amide bonds. The van der Waals surface area contributed by atoms with Crippen molar-refractivity contribution in [2.45, 2.75) is 39.7 Å². The molecule has 0 radical (unpaired) electrons. The Bertz CT molecular complexity index is 847. The van der Waals surface area contributed by atoms with E-state index in [1.807, 2.05) is 43.0 Å². The highest BCUT2D eigenvalue weighted by Gasteiger charge is 2.23. The summed E-state index contributed by atoms with van der Waals surface area (Å²) in [7, 11) is 0. The summed E-state index contributed by atoms with van der Waals surface area (Å²) in [4.78, 5) is 39.4. The molecular formula is C21H27N3O3. The number of hydrogen-bond acceptors (Lipinski definition) is 3. The number of piperidine rings is 1. The van der Waals surface area contributed by atoms with Gasteiger partial charge >= 0.3 is 0 Å². The fraction of sp³-hybridized carbons (Fsp3) is 0.476. The van der Waals surface area contributed by atoms with Crippen LogP contribution in [0, 0.1) is 5.92 Å². The van der Waals surface area contributed by atoms with E-state index >= 15 is 0 Å². The van der Waals surface area contributed by atoms with Crippen LogP contribution < -0.4 is 5.32 Å². The lowest BCUT2D eigenvalue weighted by Gasteiger charge is -2.27. The number of rotatable bonds is 6. The molecule has 1 N–H and O–H groups in total. The van der Waals surface area contributed by atoms with E-state index in [9.17, 15) is 14.4 Å². The molecule has 1 aromatic heterocycles. The van der Waals surface area contributed by atoms with Crippen LogP contribution in [0.25, 0.3) is 10.9 Å². The third-order valence-corrected chi connectivity index (χ3v) is 4.92. The molecule has 0 saturated carbocycles. The monoisotopic (exact) mass is 369 g/mol. The first-order chi connectivity index (χ1) is 13.0. The number of benzene rings is 1. The summed E-state index contributed by atoms with van der Waals surface area (Å²) in [5, 5.41) is 3.38. The Morgan fingerprint density at radius 1 is 1.07 bits per heavy atom. The SMILES string of the molecule is CC(C)CNC(=O)C(=O)c1cn(CC(=O)N2CCCCC2)c2ccccc12. The molecule has 1 aromatic carbocycles. The molecule has 1 aliphatic heterocycles. The standard InChI is InChI=1S/C21H27N3O3/c1-15(2)12-22-21(27)20(26)17-13-24(18-9-5-4-8-16(17)18)14-19(25)23-10-6-3-7-11-23/h4-5,8-9,13,15H,3,6-7,10-12,14H2,1-2H3,(H,22,27). The number of para-hydroxylation sites is 1. The van der Waals surface area contributed by atoms with Gasteiger partial charge in [-0.25, -0.2) is 0 Å². The van der Waals surface area contributed by atoms with Crippen molar-refractivity contribution in [1.82, 2.24) is 14.8 Å². The maximum atomic E-state index is 12.7. The van der Waals surface area contributed by atoms with E-state index in [0.29, 0.717) is 17.5 Å². The van der Waals surface area contributed by atoms with Crippen LogP contribution in [-0.4, -0.2) is 46.7 Å². The number of ketones is 1. The third-order valence-electron chi connectivity index (χ3n) is 4.92. The topological polar surface area (TPSA) is 71.4 Å². The van der Waals surface area contributed by atoms with Gasteiger partial charge in [-0.1, -0.05) is 32.0 Å². The molecule has 0 unspecified atom stereocenters. The second-order valence-corrected chi connectivity index (χ2v) is 7.56. The molecule has 0 atom stereocenters. The molecule has 27 heavy (non-hydrogen) atoms. The number of amides is 2. The lowest BCUT2D eigenvalue weighted by atomic mass is 10.1. The average Bonchev–Trinajstić information content (AvgIpc) is 3.04. The summed E-state index contributed by atoms with van der Waals surface area (Å²) in [6, 6.07) is 7.40. The summed E-state index contributed by atoms with van der Waals surface area (Å²) in [5.74, 6) is -0.839. The van der Waals surface area contributed by atoms with Crippen LogP contribution in [0.5, 0.6) is 0 Å². The molecule has 3 rings (SSSR count). The van der Waals surface area contributed by atoms with Crippen LogP contribution in [0.15, 0.2) is 30.5 Å². The van der Waals surface area contributed by atoms with Gasteiger partial charge in [-0.2, -0.15) is 0 Å². The van der Waals surface area contributed by atoms with Gasteiger partial charge in [0.2, 0.25) is 5.91 Å². The zero-order valence-electron chi connectivity index (χ0n) is 16.0. The van der Waals surface area contributed by atoms with Gasteiger partial charge in [0.15, 0.2) is 0 Å². The third kappa shape index (κ3) is 4.38. The van der Waals surface area contributed by atoms with Crippen molar-refractivity contribution in [2.24, 2.45) is 5.92 Å². The Morgan fingerprint density at radius 2 is 1.78 bits per heavy atom. The maximum Gasteiger partial charge on any atom is 0.292 e. The van der Waals surface area contributed by atoms with Gasteiger partial charge in [-0.05, 0) is 31.2 Å². The minimum Gasteiger partial charge on any atom is -0.349 e. The number of fused-ring (bicyclic) bond motifs is 1. The zero-order valence-corrected chi connectivity index (χ0v) is 16.0. The Morgan fingerprint density at radius 3 is 2.48 bits per heavy atom. The number of hydrogen-bond donors (Lipinski definition) is 1. The first-order valence-corrected chi connectivity index (χ1v) is 9.65. The highest BCUT2D eigenvalue weighted by atomic mass is 16.2. The van der Waals surface area contributed by atoms with Crippen molar-refractivity contribution in [3.8, 4) is 0 Å². The molecule has 2 heterocycles. The Labute approximate surface area is 159 Å². The van der Waals surface area contributed by atoms with E-state index in [-0.39, 0.29) is 18.4 Å². The number of likely N-dealkylation sites (tertiary alicyclic amines) is 1. The van der Waals surface area contributed by atoms with Gasteiger partial charge in [-0.15, -0.1) is 0 Å². The normalized spacial score (nSPS) is 14.6. The van der Waals surface area contributed by atoms with E-state index in [0.717, 1.165) is 31.4 Å². The van der Waals surface area contributed by atoms with Crippen LogP contribution in [0.1, 0.15) is 43.5 Å². The van der Waals surface area contributed by atoms with Crippen molar-refractivity contribution in [3.05, 3.63) is 36.0 Å². The molecule has 0 aliphatic carbocycles. The molecule has 144 valence electrons. The van der Waals surface area contributed by atoms with Crippen LogP contribution in [0.3, 0.4) is 0 Å². The van der Waals surface area contributed by atoms with E-state index in [1.165, 1.54) is 6.42 Å². The smallest absolute Gasteiger partial charge is 0.292 e. The quantitative estimate of drug-likeness (QED) is 0.628. The van der Waals surface area contributed by atoms with E-state index in [2.05, 4.69) is 5.32 Å². The average molecular weight is 369 g/mol. The Kier molecular flexibility index (Phi) is 5.94. The maximum absolute atomic E-state index is 12.7. The number of carbonyl (C=O) groups excluding carboxylic acids is 3. The van der Waals surface area contributed by atoms with E-state index in [4.69, 9.17) is 0 Å². The second-order valence-electron chi connectivity index (χ2n) is 7.56. The van der Waals surface area contributed by atoms with Gasteiger partial charge in [0.1, 0.15) is 6.54 Å². The Balaban J connectivity index is 1.84. The largest absolute Gasteiger partial charge is 0.349 e. The molecule has 0 bridgehead atoms. The highest BCUT2D eigenvalue weighted by Crippen LogP contribution is 2.22. The minimum atomic E-state index is -0.603. The Hall–Kier alpha value is -2.63. The predicted molar refractivity (Wildman–Crippen MR) is 105 cm³/mol. The van der Waals surface area contributed by atoms with Gasteiger partial charge in [0.05, 0.1) is 5.56 Å². The number of aromatic nitrogens is 1. The van der Waals surface area contributed by atoms with Crippen LogP contribution in [0.4, 0.5) is 0 Å². The first-order valence-electron chi connectivity index (χ1n) is 9.65. The summed E-state index contributed by atoms with van der Waals surface area (Å²) >= 11 is 0. The van der Waals surface area contributed by atoms with E-state index in [1.54, 1.807) is 10.8 Å². The predicted octanol–water partition coefficient (Wildman–Crippen LogP) is 2.61. The molecule has 0 spiro atoms. The summed E-state index contributed by atoms with van der Waals surface area (Å²) < 4.78 is 1.79. The molecule has 1 aliphatic rings. The molecule has 1 saturated heterocycles. The van der Waals surface area contributed by atoms with Crippen molar-refractivity contribution >= 4 is 28.5 Å². The molecule has 6 nitrogen and oxygen atoms in total. The van der Waals surface area contributed by atoms with Gasteiger partial charge in [0.25, 0.3) is 11.7 Å². The lowest BCUT2D eigenvalue weighted by molar-refractivity contribution is -0.132. The van der Waals surface area contributed by atoms with Crippen LogP contribution in [0.2, 0.25) is 0 Å². The minimum absolute atomic E-state index is 0.0544. The molecule has 6 heteroatoms. The zero-order chi connectivity index (χ0) is 19.4. The molecule has 1 fully saturated rings. The summed E-state index contributed by atoms with van der Waals surface area (Å²) in [6.07, 6.45) is 4.89. The fourth-order valence-electron chi connectivity index (χ4n) is 3.45. The molecular weight excluding hydrogens is 342 g/mol. The van der Waals surface area contributed by atoms with Gasteiger partial charge in [-0.3, -0.25) is 14.4 Å². The second kappa shape index (κ2) is 8.37. The van der Waals surface area contributed by atoms with Crippen molar-refractivity contribution in [1.29, 1.82) is 0 Å². The number of nitrogens with zero attached hydrogens (tertiary/aromatic N) is 2. The van der Waals surface area contributed by atoms with Crippen molar-refractivity contribution in [2.75, 3.05) is 19.6 Å². The van der Waals surface area contributed by atoms with Crippen molar-refractivity contribution in [3.63, 3.8) is 0 Å².